The molecule has 2 heterocycles. The van der Waals surface area contributed by atoms with Crippen LogP contribution in [0.25, 0.3) is 33.3 Å². The molecular formula is C26H18N2O3. The molecule has 0 saturated heterocycles. The summed E-state index contributed by atoms with van der Waals surface area (Å²) in [6.45, 7) is 0. The summed E-state index contributed by atoms with van der Waals surface area (Å²) in [5.74, 6) is 0.576. The molecule has 3 aromatic carbocycles. The summed E-state index contributed by atoms with van der Waals surface area (Å²) in [7, 11) is 0. The average Bonchev–Trinajstić information content (AvgIpc) is 3.23. The molecule has 2 aromatic heterocycles. The molecule has 0 saturated carbocycles. The number of carbonyl (C=O) groups is 1. The van der Waals surface area contributed by atoms with Gasteiger partial charge in [0.05, 0.1) is 5.56 Å². The van der Waals surface area contributed by atoms with Crippen LogP contribution in [0.3, 0.4) is 0 Å². The second-order valence-corrected chi connectivity index (χ2v) is 7.12. The Morgan fingerprint density at radius 2 is 1.58 bits per heavy atom. The predicted molar refractivity (Wildman–Crippen MR) is 120 cm³/mol. The summed E-state index contributed by atoms with van der Waals surface area (Å²) < 4.78 is 6.12. The van der Waals surface area contributed by atoms with Crippen molar-refractivity contribution in [2.45, 2.75) is 0 Å². The fourth-order valence-electron chi connectivity index (χ4n) is 3.59. The predicted octanol–water partition coefficient (Wildman–Crippen LogP) is 6.39. The van der Waals surface area contributed by atoms with E-state index in [4.69, 9.17) is 9.84 Å². The lowest BCUT2D eigenvalue weighted by Crippen LogP contribution is -1.94. The number of hydrogen-bond acceptors (Lipinski definition) is 3. The minimum absolute atomic E-state index is 0.259. The zero-order valence-electron chi connectivity index (χ0n) is 16.4. The Labute approximate surface area is 178 Å². The number of para-hydroxylation sites is 2. The van der Waals surface area contributed by atoms with Crippen molar-refractivity contribution in [3.05, 3.63) is 103 Å². The highest BCUT2D eigenvalue weighted by Crippen LogP contribution is 2.36. The van der Waals surface area contributed by atoms with Gasteiger partial charge in [-0.2, -0.15) is 0 Å². The lowest BCUT2D eigenvalue weighted by atomic mass is 10.0. The third-order valence-electron chi connectivity index (χ3n) is 5.14. The van der Waals surface area contributed by atoms with Crippen molar-refractivity contribution >= 4 is 17.0 Å². The van der Waals surface area contributed by atoms with E-state index in [2.05, 4.69) is 16.0 Å². The van der Waals surface area contributed by atoms with E-state index >= 15 is 0 Å². The number of rotatable bonds is 5. The summed E-state index contributed by atoms with van der Waals surface area (Å²) in [5, 5.41) is 10.1. The van der Waals surface area contributed by atoms with Gasteiger partial charge in [0.2, 0.25) is 0 Å². The molecule has 0 fully saturated rings. The Balaban J connectivity index is 1.57. The average molecular weight is 406 g/mol. The molecule has 31 heavy (non-hydrogen) atoms. The van der Waals surface area contributed by atoms with Crippen LogP contribution in [-0.4, -0.2) is 21.0 Å². The Morgan fingerprint density at radius 3 is 2.35 bits per heavy atom. The number of benzene rings is 3. The molecule has 0 aliphatic heterocycles. The van der Waals surface area contributed by atoms with Crippen LogP contribution in [0.5, 0.6) is 11.5 Å². The number of H-pyrrole nitrogens is 1. The maximum Gasteiger partial charge on any atom is 0.335 e. The van der Waals surface area contributed by atoms with Crippen LogP contribution in [0.2, 0.25) is 0 Å². The maximum absolute atomic E-state index is 11.1. The number of aromatic nitrogens is 2. The lowest BCUT2D eigenvalue weighted by molar-refractivity contribution is 0.0697. The first-order valence-corrected chi connectivity index (χ1v) is 9.82. The molecule has 0 unspecified atom stereocenters. The number of fused-ring (bicyclic) bond motifs is 1. The topological polar surface area (TPSA) is 75.2 Å². The number of aromatic amines is 1. The number of carboxylic acid groups (broad SMARTS) is 1. The largest absolute Gasteiger partial charge is 0.478 e. The SMILES string of the molecule is O=C(O)c1ccc(-c2c[nH]c3ncc(-c4ccccc4Oc4ccccc4)cc23)cc1. The van der Waals surface area contributed by atoms with Gasteiger partial charge in [-0.3, -0.25) is 0 Å². The van der Waals surface area contributed by atoms with Crippen molar-refractivity contribution < 1.29 is 14.6 Å². The van der Waals surface area contributed by atoms with E-state index in [9.17, 15) is 4.79 Å². The van der Waals surface area contributed by atoms with E-state index in [-0.39, 0.29) is 5.56 Å². The summed E-state index contributed by atoms with van der Waals surface area (Å²) in [6.07, 6.45) is 3.72. The Bertz CT molecular complexity index is 1370. The van der Waals surface area contributed by atoms with Gasteiger partial charge in [-0.05, 0) is 42.0 Å². The van der Waals surface area contributed by atoms with Gasteiger partial charge in [-0.1, -0.05) is 48.5 Å². The Hall–Kier alpha value is -4.38. The maximum atomic E-state index is 11.1. The zero-order valence-corrected chi connectivity index (χ0v) is 16.4. The van der Waals surface area contributed by atoms with Gasteiger partial charge >= 0.3 is 5.97 Å². The molecule has 150 valence electrons. The summed E-state index contributed by atoms with van der Waals surface area (Å²) in [4.78, 5) is 18.9. The molecule has 5 nitrogen and oxygen atoms in total. The number of nitrogens with one attached hydrogen (secondary N) is 1. The molecule has 0 bridgehead atoms. The highest BCUT2D eigenvalue weighted by Gasteiger charge is 2.13. The van der Waals surface area contributed by atoms with Crippen molar-refractivity contribution in [2.75, 3.05) is 0 Å². The zero-order chi connectivity index (χ0) is 21.2. The molecule has 5 aromatic rings. The van der Waals surface area contributed by atoms with Gasteiger partial charge in [0.1, 0.15) is 17.1 Å². The molecule has 0 atom stereocenters. The molecule has 2 N–H and O–H groups in total. The number of carboxylic acids is 1. The van der Waals surface area contributed by atoms with Crippen LogP contribution in [0.15, 0.2) is 97.3 Å². The van der Waals surface area contributed by atoms with Gasteiger partial charge in [0.15, 0.2) is 0 Å². The van der Waals surface area contributed by atoms with Gasteiger partial charge in [0.25, 0.3) is 0 Å². The first-order valence-electron chi connectivity index (χ1n) is 9.82. The van der Waals surface area contributed by atoms with E-state index < -0.39 is 5.97 Å². The second-order valence-electron chi connectivity index (χ2n) is 7.12. The van der Waals surface area contributed by atoms with Crippen molar-refractivity contribution in [1.29, 1.82) is 0 Å². The number of aromatic carboxylic acids is 1. The van der Waals surface area contributed by atoms with Gasteiger partial charge in [-0.25, -0.2) is 9.78 Å². The van der Waals surface area contributed by atoms with Crippen LogP contribution in [-0.2, 0) is 0 Å². The van der Waals surface area contributed by atoms with Gasteiger partial charge in [-0.15, -0.1) is 0 Å². The van der Waals surface area contributed by atoms with E-state index in [1.165, 1.54) is 0 Å². The molecule has 0 radical (unpaired) electrons. The number of nitrogens with zero attached hydrogens (tertiary/aromatic N) is 1. The number of pyridine rings is 1. The van der Waals surface area contributed by atoms with Crippen LogP contribution < -0.4 is 4.74 Å². The fourth-order valence-corrected chi connectivity index (χ4v) is 3.59. The lowest BCUT2D eigenvalue weighted by Gasteiger charge is -2.11. The van der Waals surface area contributed by atoms with Crippen molar-refractivity contribution in [3.63, 3.8) is 0 Å². The minimum atomic E-state index is -0.940. The third-order valence-corrected chi connectivity index (χ3v) is 5.14. The first-order chi connectivity index (χ1) is 15.2. The van der Waals surface area contributed by atoms with Crippen LogP contribution in [0, 0.1) is 0 Å². The molecule has 5 heteroatoms. The molecular weight excluding hydrogens is 388 g/mol. The van der Waals surface area contributed by atoms with Crippen molar-refractivity contribution in [1.82, 2.24) is 9.97 Å². The normalized spacial score (nSPS) is 10.8. The smallest absolute Gasteiger partial charge is 0.335 e. The number of hydrogen-bond donors (Lipinski definition) is 2. The summed E-state index contributed by atoms with van der Waals surface area (Å²) in [5.41, 5.74) is 4.78. The van der Waals surface area contributed by atoms with Gasteiger partial charge in [0, 0.05) is 34.5 Å². The Morgan fingerprint density at radius 1 is 0.839 bits per heavy atom. The molecule has 0 aliphatic rings. The van der Waals surface area contributed by atoms with E-state index in [0.717, 1.165) is 44.8 Å². The quantitative estimate of drug-likeness (QED) is 0.355. The molecule has 0 amide bonds. The fraction of sp³-hybridized carbons (Fsp3) is 0. The first kappa shape index (κ1) is 18.6. The monoisotopic (exact) mass is 406 g/mol. The second kappa shape index (κ2) is 7.80. The van der Waals surface area contributed by atoms with Gasteiger partial charge < -0.3 is 14.8 Å². The van der Waals surface area contributed by atoms with Crippen LogP contribution in [0.4, 0.5) is 0 Å². The van der Waals surface area contributed by atoms with E-state index in [1.54, 1.807) is 12.1 Å². The highest BCUT2D eigenvalue weighted by atomic mass is 16.5. The minimum Gasteiger partial charge on any atom is -0.478 e. The van der Waals surface area contributed by atoms with E-state index in [0.29, 0.717) is 0 Å². The third kappa shape index (κ3) is 3.65. The van der Waals surface area contributed by atoms with E-state index in [1.807, 2.05) is 79.1 Å². The summed E-state index contributed by atoms with van der Waals surface area (Å²) in [6, 6.07) is 26.4. The standard InChI is InChI=1S/C26H18N2O3/c29-26(30)18-12-10-17(11-13-18)23-16-28-25-22(23)14-19(15-27-25)21-8-4-5-9-24(21)31-20-6-2-1-3-7-20/h1-16H,(H,27,28)(H,29,30). The van der Waals surface area contributed by atoms with Crippen molar-refractivity contribution in [2.24, 2.45) is 0 Å². The van der Waals surface area contributed by atoms with Crippen molar-refractivity contribution in [3.8, 4) is 33.8 Å². The highest BCUT2D eigenvalue weighted by molar-refractivity contribution is 5.97. The molecule has 5 rings (SSSR count). The summed E-state index contributed by atoms with van der Waals surface area (Å²) >= 11 is 0. The molecule has 0 spiro atoms. The van der Waals surface area contributed by atoms with Crippen LogP contribution >= 0.6 is 0 Å². The number of ether oxygens (including phenoxy) is 1. The Kier molecular flexibility index (Phi) is 4.69. The molecule has 0 aliphatic carbocycles. The van der Waals surface area contributed by atoms with Crippen LogP contribution in [0.1, 0.15) is 10.4 Å².